The van der Waals surface area contributed by atoms with Crippen LogP contribution in [0.25, 0.3) is 0 Å². The highest BCUT2D eigenvalue weighted by atomic mass is 32.1. The van der Waals surface area contributed by atoms with Crippen molar-refractivity contribution >= 4 is 16.5 Å². The van der Waals surface area contributed by atoms with Crippen LogP contribution in [0, 0.1) is 0 Å². The van der Waals surface area contributed by atoms with Crippen molar-refractivity contribution in [3.05, 3.63) is 41.6 Å². The van der Waals surface area contributed by atoms with Crippen molar-refractivity contribution in [1.82, 2.24) is 9.59 Å². The molecule has 1 aromatic heterocycles. The molecular weight excluding hydrogens is 234 g/mol. The Hall–Kier alpha value is -1.46. The molecule has 0 unspecified atom stereocenters. The van der Waals surface area contributed by atoms with Gasteiger partial charge in [-0.2, -0.15) is 0 Å². The number of nitrogens with zero attached hydrogens (tertiary/aromatic N) is 2. The van der Waals surface area contributed by atoms with Gasteiger partial charge in [-0.25, -0.2) is 0 Å². The third-order valence-electron chi connectivity index (χ3n) is 2.42. The van der Waals surface area contributed by atoms with E-state index in [0.717, 1.165) is 18.5 Å². The van der Waals surface area contributed by atoms with Gasteiger partial charge in [0.1, 0.15) is 10.7 Å². The Morgan fingerprint density at radius 1 is 1.24 bits per heavy atom. The van der Waals surface area contributed by atoms with Crippen molar-refractivity contribution in [2.75, 3.05) is 12.3 Å². The Balaban J connectivity index is 1.63. The summed E-state index contributed by atoms with van der Waals surface area (Å²) in [6.45, 7) is 1.17. The molecule has 0 aliphatic heterocycles. The highest BCUT2D eigenvalue weighted by molar-refractivity contribution is 7.09. The van der Waals surface area contributed by atoms with Gasteiger partial charge >= 0.3 is 0 Å². The molecule has 1 aromatic carbocycles. The van der Waals surface area contributed by atoms with Crippen molar-refractivity contribution in [3.63, 3.8) is 0 Å². The van der Waals surface area contributed by atoms with Crippen LogP contribution >= 0.6 is 11.5 Å². The fraction of sp³-hybridized carbons (Fsp3) is 0.333. The standard InChI is InChI=1S/C12H15N3OS/c13-12-11(14-15-17-12)9-16-8-4-7-10-5-2-1-3-6-10/h1-3,5-6H,4,7-9,13H2. The summed E-state index contributed by atoms with van der Waals surface area (Å²) >= 11 is 1.20. The number of aromatic nitrogens is 2. The van der Waals surface area contributed by atoms with E-state index in [-0.39, 0.29) is 0 Å². The van der Waals surface area contributed by atoms with E-state index in [2.05, 4.69) is 33.9 Å². The van der Waals surface area contributed by atoms with Gasteiger partial charge < -0.3 is 10.5 Å². The predicted octanol–water partition coefficient (Wildman–Crippen LogP) is 2.27. The van der Waals surface area contributed by atoms with E-state index >= 15 is 0 Å². The molecule has 4 nitrogen and oxygen atoms in total. The molecule has 0 spiro atoms. The van der Waals surface area contributed by atoms with E-state index in [0.29, 0.717) is 18.2 Å². The van der Waals surface area contributed by atoms with E-state index in [1.54, 1.807) is 0 Å². The summed E-state index contributed by atoms with van der Waals surface area (Å²) in [7, 11) is 0. The molecule has 0 fully saturated rings. The maximum Gasteiger partial charge on any atom is 0.133 e. The number of hydrogen-bond acceptors (Lipinski definition) is 5. The summed E-state index contributed by atoms with van der Waals surface area (Å²) in [5.74, 6) is 0. The van der Waals surface area contributed by atoms with Crippen LogP contribution in [0.3, 0.4) is 0 Å². The number of ether oxygens (including phenoxy) is 1. The van der Waals surface area contributed by atoms with Crippen LogP contribution in [-0.4, -0.2) is 16.2 Å². The fourth-order valence-corrected chi connectivity index (χ4v) is 1.94. The van der Waals surface area contributed by atoms with E-state index in [1.165, 1.54) is 17.1 Å². The summed E-state index contributed by atoms with van der Waals surface area (Å²) in [5.41, 5.74) is 7.74. The average molecular weight is 249 g/mol. The van der Waals surface area contributed by atoms with Gasteiger partial charge in [0, 0.05) is 18.1 Å². The van der Waals surface area contributed by atoms with Gasteiger partial charge in [-0.1, -0.05) is 34.8 Å². The van der Waals surface area contributed by atoms with E-state index in [4.69, 9.17) is 10.5 Å². The number of aryl methyl sites for hydroxylation is 1. The summed E-state index contributed by atoms with van der Waals surface area (Å²) in [6.07, 6.45) is 2.03. The van der Waals surface area contributed by atoms with Crippen LogP contribution in [0.1, 0.15) is 17.7 Å². The lowest BCUT2D eigenvalue weighted by atomic mass is 10.1. The number of rotatable bonds is 6. The van der Waals surface area contributed by atoms with Crippen LogP contribution < -0.4 is 5.73 Å². The molecule has 90 valence electrons. The minimum Gasteiger partial charge on any atom is -0.388 e. The number of nitrogen functional groups attached to an aromatic ring is 1. The van der Waals surface area contributed by atoms with Gasteiger partial charge in [0.05, 0.1) is 6.61 Å². The lowest BCUT2D eigenvalue weighted by molar-refractivity contribution is 0.116. The third kappa shape index (κ3) is 3.80. The number of nitrogens with two attached hydrogens (primary N) is 1. The highest BCUT2D eigenvalue weighted by Gasteiger charge is 2.03. The molecule has 0 saturated carbocycles. The first-order valence-electron chi connectivity index (χ1n) is 5.54. The molecule has 0 saturated heterocycles. The number of hydrogen-bond donors (Lipinski definition) is 1. The van der Waals surface area contributed by atoms with Crippen molar-refractivity contribution < 1.29 is 4.74 Å². The normalized spacial score (nSPS) is 10.6. The SMILES string of the molecule is Nc1snnc1COCCCc1ccccc1. The van der Waals surface area contributed by atoms with Crippen molar-refractivity contribution in [2.45, 2.75) is 19.4 Å². The molecule has 0 atom stereocenters. The molecule has 0 aliphatic carbocycles. The second kappa shape index (κ2) is 6.32. The smallest absolute Gasteiger partial charge is 0.133 e. The van der Waals surface area contributed by atoms with Crippen molar-refractivity contribution in [1.29, 1.82) is 0 Å². The molecule has 0 amide bonds. The summed E-state index contributed by atoms with van der Waals surface area (Å²) in [4.78, 5) is 0. The number of benzene rings is 1. The second-order valence-corrected chi connectivity index (χ2v) is 4.51. The summed E-state index contributed by atoms with van der Waals surface area (Å²) < 4.78 is 9.26. The highest BCUT2D eigenvalue weighted by Crippen LogP contribution is 2.13. The van der Waals surface area contributed by atoms with Crippen LogP contribution in [0.15, 0.2) is 30.3 Å². The quantitative estimate of drug-likeness (QED) is 0.798. The van der Waals surface area contributed by atoms with E-state index in [1.807, 2.05) is 6.07 Å². The minimum atomic E-state index is 0.455. The maximum absolute atomic E-state index is 5.66. The monoisotopic (exact) mass is 249 g/mol. The fourth-order valence-electron chi connectivity index (χ4n) is 1.51. The van der Waals surface area contributed by atoms with Gasteiger partial charge in [-0.05, 0) is 18.4 Å². The third-order valence-corrected chi connectivity index (χ3v) is 3.02. The topological polar surface area (TPSA) is 61.0 Å². The molecule has 2 rings (SSSR count). The molecule has 2 N–H and O–H groups in total. The van der Waals surface area contributed by atoms with Gasteiger partial charge in [0.2, 0.25) is 0 Å². The first kappa shape index (κ1) is 12.0. The van der Waals surface area contributed by atoms with E-state index < -0.39 is 0 Å². The lowest BCUT2D eigenvalue weighted by Crippen LogP contribution is -1.99. The van der Waals surface area contributed by atoms with Crippen LogP contribution in [0.2, 0.25) is 0 Å². The predicted molar refractivity (Wildman–Crippen MR) is 68.7 cm³/mol. The second-order valence-electron chi connectivity index (χ2n) is 3.73. The first-order chi connectivity index (χ1) is 8.36. The summed E-state index contributed by atoms with van der Waals surface area (Å²) in [6, 6.07) is 10.4. The van der Waals surface area contributed by atoms with Crippen molar-refractivity contribution in [3.8, 4) is 0 Å². The molecule has 17 heavy (non-hydrogen) atoms. The Morgan fingerprint density at radius 2 is 2.06 bits per heavy atom. The van der Waals surface area contributed by atoms with Crippen LogP contribution in [-0.2, 0) is 17.8 Å². The van der Waals surface area contributed by atoms with Crippen LogP contribution in [0.5, 0.6) is 0 Å². The van der Waals surface area contributed by atoms with E-state index in [9.17, 15) is 0 Å². The molecule has 1 heterocycles. The Labute approximate surface area is 105 Å². The molecule has 2 aromatic rings. The van der Waals surface area contributed by atoms with Gasteiger partial charge in [0.25, 0.3) is 0 Å². The summed E-state index contributed by atoms with van der Waals surface area (Å²) in [5, 5.41) is 4.54. The largest absolute Gasteiger partial charge is 0.388 e. The average Bonchev–Trinajstić information content (AvgIpc) is 2.76. The Kier molecular flexibility index (Phi) is 4.46. The Bertz CT molecular complexity index is 444. The molecule has 0 bridgehead atoms. The Morgan fingerprint density at radius 3 is 2.76 bits per heavy atom. The maximum atomic E-state index is 5.66. The van der Waals surface area contributed by atoms with Crippen molar-refractivity contribution in [2.24, 2.45) is 0 Å². The number of anilines is 1. The van der Waals surface area contributed by atoms with Gasteiger partial charge in [-0.15, -0.1) is 5.10 Å². The zero-order valence-electron chi connectivity index (χ0n) is 9.50. The first-order valence-corrected chi connectivity index (χ1v) is 6.32. The zero-order valence-corrected chi connectivity index (χ0v) is 10.3. The molecule has 5 heteroatoms. The van der Waals surface area contributed by atoms with Gasteiger partial charge in [0.15, 0.2) is 0 Å². The minimum absolute atomic E-state index is 0.455. The molecule has 0 aliphatic rings. The molecule has 0 radical (unpaired) electrons. The lowest BCUT2D eigenvalue weighted by Gasteiger charge is -2.03. The van der Waals surface area contributed by atoms with Crippen LogP contribution in [0.4, 0.5) is 5.00 Å². The zero-order chi connectivity index (χ0) is 11.9. The van der Waals surface area contributed by atoms with Gasteiger partial charge in [-0.3, -0.25) is 0 Å². The molecular formula is C12H15N3OS.